The van der Waals surface area contributed by atoms with Gasteiger partial charge in [-0.2, -0.15) is 0 Å². The normalized spacial score (nSPS) is 10.2. The Hall–Kier alpha value is -1.40. The van der Waals surface area contributed by atoms with E-state index in [4.69, 9.17) is 0 Å². The van der Waals surface area contributed by atoms with Gasteiger partial charge in [-0.25, -0.2) is 4.79 Å². The van der Waals surface area contributed by atoms with E-state index in [1.807, 2.05) is 0 Å². The number of ether oxygens (including phenoxy) is 1. The molecule has 0 saturated carbocycles. The number of likely N-dealkylation sites (N-methyl/N-ethyl adjacent to an activating group) is 1. The summed E-state index contributed by atoms with van der Waals surface area (Å²) in [4.78, 5) is 25.0. The molecule has 6 heteroatoms. The first kappa shape index (κ1) is 12.7. The minimum Gasteiger partial charge on any atom is -0.465 e. The van der Waals surface area contributed by atoms with E-state index in [-0.39, 0.29) is 12.5 Å². The maximum absolute atomic E-state index is 11.5. The molecule has 1 aromatic heterocycles. The molecule has 5 nitrogen and oxygen atoms in total. The van der Waals surface area contributed by atoms with Gasteiger partial charge in [-0.3, -0.25) is 4.79 Å². The Morgan fingerprint density at radius 2 is 2.19 bits per heavy atom. The molecule has 1 heterocycles. The Bertz CT molecular complexity index is 387. The standard InChI is InChI=1S/C10H14N2O3S/c1-12(2)6-8(13)11-7-4-5-16-9(7)10(14)15-3/h4-5H,6H2,1-3H3,(H,11,13). The summed E-state index contributed by atoms with van der Waals surface area (Å²) in [7, 11) is 4.91. The fourth-order valence-corrected chi connectivity index (χ4v) is 1.90. The lowest BCUT2D eigenvalue weighted by atomic mass is 10.3. The van der Waals surface area contributed by atoms with Gasteiger partial charge in [-0.05, 0) is 25.5 Å². The largest absolute Gasteiger partial charge is 0.465 e. The van der Waals surface area contributed by atoms with E-state index in [0.717, 1.165) is 0 Å². The Morgan fingerprint density at radius 3 is 2.75 bits per heavy atom. The molecule has 0 bridgehead atoms. The molecule has 1 amide bonds. The molecule has 0 aliphatic rings. The van der Waals surface area contributed by atoms with E-state index in [2.05, 4.69) is 10.1 Å². The highest BCUT2D eigenvalue weighted by Gasteiger charge is 2.15. The van der Waals surface area contributed by atoms with Gasteiger partial charge in [0.15, 0.2) is 0 Å². The Labute approximate surface area is 98.0 Å². The van der Waals surface area contributed by atoms with Crippen LogP contribution in [0.25, 0.3) is 0 Å². The highest BCUT2D eigenvalue weighted by Crippen LogP contribution is 2.22. The first-order valence-electron chi connectivity index (χ1n) is 4.65. The third-order valence-corrected chi connectivity index (χ3v) is 2.66. The quantitative estimate of drug-likeness (QED) is 0.801. The number of amides is 1. The van der Waals surface area contributed by atoms with Crippen molar-refractivity contribution in [3.63, 3.8) is 0 Å². The zero-order chi connectivity index (χ0) is 12.1. The number of methoxy groups -OCH3 is 1. The van der Waals surface area contributed by atoms with Gasteiger partial charge in [0.2, 0.25) is 5.91 Å². The Kier molecular flexibility index (Phi) is 4.45. The number of nitrogens with one attached hydrogen (secondary N) is 1. The third-order valence-electron chi connectivity index (χ3n) is 1.77. The van der Waals surface area contributed by atoms with Gasteiger partial charge in [-0.15, -0.1) is 11.3 Å². The van der Waals surface area contributed by atoms with Gasteiger partial charge < -0.3 is 15.0 Å². The zero-order valence-electron chi connectivity index (χ0n) is 9.44. The predicted octanol–water partition coefficient (Wildman–Crippen LogP) is 1.03. The van der Waals surface area contributed by atoms with E-state index >= 15 is 0 Å². The number of anilines is 1. The van der Waals surface area contributed by atoms with Gasteiger partial charge in [0.1, 0.15) is 4.88 Å². The summed E-state index contributed by atoms with van der Waals surface area (Å²) in [5.41, 5.74) is 0.503. The van der Waals surface area contributed by atoms with Crippen LogP contribution in [-0.2, 0) is 9.53 Å². The monoisotopic (exact) mass is 242 g/mol. The van der Waals surface area contributed by atoms with Crippen LogP contribution in [0.4, 0.5) is 5.69 Å². The molecule has 0 aliphatic carbocycles. The van der Waals surface area contributed by atoms with Crippen molar-refractivity contribution < 1.29 is 14.3 Å². The van der Waals surface area contributed by atoms with E-state index in [9.17, 15) is 9.59 Å². The van der Waals surface area contributed by atoms with Gasteiger partial charge in [0, 0.05) is 0 Å². The minimum absolute atomic E-state index is 0.159. The topological polar surface area (TPSA) is 58.6 Å². The summed E-state index contributed by atoms with van der Waals surface area (Å²) >= 11 is 1.24. The van der Waals surface area contributed by atoms with Crippen molar-refractivity contribution in [2.45, 2.75) is 0 Å². The number of nitrogens with zero attached hydrogens (tertiary/aromatic N) is 1. The van der Waals surface area contributed by atoms with Crippen molar-refractivity contribution in [2.75, 3.05) is 33.1 Å². The fourth-order valence-electron chi connectivity index (χ4n) is 1.14. The number of carbonyl (C=O) groups is 2. The van der Waals surface area contributed by atoms with E-state index < -0.39 is 5.97 Å². The van der Waals surface area contributed by atoms with E-state index in [1.54, 1.807) is 30.4 Å². The van der Waals surface area contributed by atoms with Gasteiger partial charge >= 0.3 is 5.97 Å². The molecule has 0 saturated heterocycles. The lowest BCUT2D eigenvalue weighted by molar-refractivity contribution is -0.116. The highest BCUT2D eigenvalue weighted by atomic mass is 32.1. The summed E-state index contributed by atoms with van der Waals surface area (Å²) in [6.45, 7) is 0.274. The SMILES string of the molecule is COC(=O)c1sccc1NC(=O)CN(C)C. The smallest absolute Gasteiger partial charge is 0.350 e. The van der Waals surface area contributed by atoms with E-state index in [1.165, 1.54) is 18.4 Å². The summed E-state index contributed by atoms with van der Waals surface area (Å²) < 4.78 is 4.61. The molecule has 1 N–H and O–H groups in total. The molecule has 0 aromatic carbocycles. The average Bonchev–Trinajstić information content (AvgIpc) is 2.63. The molecule has 0 fully saturated rings. The molecule has 1 aromatic rings. The first-order chi connectivity index (χ1) is 7.54. The number of thiophene rings is 1. The second kappa shape index (κ2) is 5.62. The van der Waals surface area contributed by atoms with E-state index in [0.29, 0.717) is 10.6 Å². The van der Waals surface area contributed by atoms with Crippen LogP contribution in [-0.4, -0.2) is 44.5 Å². The van der Waals surface area contributed by atoms with Crippen LogP contribution in [0.2, 0.25) is 0 Å². The lowest BCUT2D eigenvalue weighted by Crippen LogP contribution is -2.27. The Morgan fingerprint density at radius 1 is 1.50 bits per heavy atom. The van der Waals surface area contributed by atoms with Crippen molar-refractivity contribution in [3.05, 3.63) is 16.3 Å². The molecule has 0 atom stereocenters. The molecular formula is C10H14N2O3S. The molecule has 0 unspecified atom stereocenters. The third kappa shape index (κ3) is 3.32. The van der Waals surface area contributed by atoms with Crippen LogP contribution in [0.3, 0.4) is 0 Å². The number of hydrogen-bond acceptors (Lipinski definition) is 5. The molecule has 88 valence electrons. The molecule has 0 aliphatic heterocycles. The summed E-state index contributed by atoms with van der Waals surface area (Å²) in [5, 5.41) is 4.40. The number of hydrogen-bond donors (Lipinski definition) is 1. The maximum atomic E-state index is 11.5. The lowest BCUT2D eigenvalue weighted by Gasteiger charge is -2.09. The molecule has 1 rings (SSSR count). The first-order valence-corrected chi connectivity index (χ1v) is 5.53. The molecule has 16 heavy (non-hydrogen) atoms. The summed E-state index contributed by atoms with van der Waals surface area (Å²) in [6, 6.07) is 1.68. The van der Waals surface area contributed by atoms with Crippen molar-refractivity contribution in [1.29, 1.82) is 0 Å². The van der Waals surface area contributed by atoms with Crippen molar-refractivity contribution in [1.82, 2.24) is 4.90 Å². The highest BCUT2D eigenvalue weighted by molar-refractivity contribution is 7.12. The summed E-state index contributed by atoms with van der Waals surface area (Å²) in [6.07, 6.45) is 0. The van der Waals surface area contributed by atoms with Crippen LogP contribution in [0, 0.1) is 0 Å². The fraction of sp³-hybridized carbons (Fsp3) is 0.400. The van der Waals surface area contributed by atoms with Crippen molar-refractivity contribution >= 4 is 28.9 Å². The van der Waals surface area contributed by atoms with Gasteiger partial charge in [0.25, 0.3) is 0 Å². The maximum Gasteiger partial charge on any atom is 0.350 e. The van der Waals surface area contributed by atoms with Crippen LogP contribution < -0.4 is 5.32 Å². The van der Waals surface area contributed by atoms with Crippen LogP contribution in [0.15, 0.2) is 11.4 Å². The van der Waals surface area contributed by atoms with Crippen LogP contribution in [0.5, 0.6) is 0 Å². The average molecular weight is 242 g/mol. The predicted molar refractivity (Wildman–Crippen MR) is 62.8 cm³/mol. The molecular weight excluding hydrogens is 228 g/mol. The number of rotatable bonds is 4. The van der Waals surface area contributed by atoms with Crippen molar-refractivity contribution in [3.8, 4) is 0 Å². The summed E-state index contributed by atoms with van der Waals surface area (Å²) in [5.74, 6) is -0.594. The minimum atomic E-state index is -0.435. The van der Waals surface area contributed by atoms with Crippen LogP contribution >= 0.6 is 11.3 Å². The van der Waals surface area contributed by atoms with Gasteiger partial charge in [0.05, 0.1) is 19.3 Å². The van der Waals surface area contributed by atoms with Crippen molar-refractivity contribution in [2.24, 2.45) is 0 Å². The molecule has 0 spiro atoms. The molecule has 0 radical (unpaired) electrons. The van der Waals surface area contributed by atoms with Crippen LogP contribution in [0.1, 0.15) is 9.67 Å². The Balaban J connectivity index is 2.70. The number of carbonyl (C=O) groups excluding carboxylic acids is 2. The second-order valence-electron chi connectivity index (χ2n) is 3.44. The van der Waals surface area contributed by atoms with Gasteiger partial charge in [-0.1, -0.05) is 0 Å². The second-order valence-corrected chi connectivity index (χ2v) is 4.36. The zero-order valence-corrected chi connectivity index (χ0v) is 10.3. The number of esters is 1.